The highest BCUT2D eigenvalue weighted by Crippen LogP contribution is 2.42. The summed E-state index contributed by atoms with van der Waals surface area (Å²) in [5.41, 5.74) is 7.58. The van der Waals surface area contributed by atoms with E-state index in [0.717, 1.165) is 36.2 Å². The zero-order valence-electron chi connectivity index (χ0n) is 17.8. The van der Waals surface area contributed by atoms with Gasteiger partial charge in [-0.25, -0.2) is 0 Å². The van der Waals surface area contributed by atoms with E-state index in [2.05, 4.69) is 20.7 Å². The van der Waals surface area contributed by atoms with Crippen LogP contribution in [0, 0.1) is 0 Å². The number of hydrazone groups is 1. The number of amides is 1. The molecule has 0 saturated carbocycles. The summed E-state index contributed by atoms with van der Waals surface area (Å²) in [5.74, 6) is 0.550. The average molecular weight is 458 g/mol. The van der Waals surface area contributed by atoms with Gasteiger partial charge in [-0.3, -0.25) is 10.2 Å². The molecule has 1 aromatic carbocycles. The predicted octanol–water partition coefficient (Wildman–Crippen LogP) is 5.83. The first-order chi connectivity index (χ1) is 14.8. The van der Waals surface area contributed by atoms with Gasteiger partial charge in [0.25, 0.3) is 5.91 Å². The maximum absolute atomic E-state index is 13.4. The Labute approximate surface area is 192 Å². The minimum Gasteiger partial charge on any atom is -0.328 e. The van der Waals surface area contributed by atoms with Crippen LogP contribution in [-0.4, -0.2) is 32.8 Å². The van der Waals surface area contributed by atoms with E-state index in [-0.39, 0.29) is 18.0 Å². The molecule has 2 bridgehead atoms. The Morgan fingerprint density at radius 1 is 1.16 bits per heavy atom. The zero-order valence-corrected chi connectivity index (χ0v) is 19.3. The summed E-state index contributed by atoms with van der Waals surface area (Å²) < 4.78 is 0. The van der Waals surface area contributed by atoms with Crippen molar-refractivity contribution < 1.29 is 4.79 Å². The van der Waals surface area contributed by atoms with Gasteiger partial charge in [-0.1, -0.05) is 28.8 Å². The number of hydrogen-bond acceptors (Lipinski definition) is 5. The highest BCUT2D eigenvalue weighted by molar-refractivity contribution is 6.42. The van der Waals surface area contributed by atoms with E-state index in [4.69, 9.17) is 23.2 Å². The molecule has 2 aliphatic heterocycles. The Hall–Kier alpha value is -2.44. The summed E-state index contributed by atoms with van der Waals surface area (Å²) in [6.45, 7) is 5.97. The Balaban J connectivity index is 1.64. The second-order valence-electron chi connectivity index (χ2n) is 8.36. The first-order valence-corrected chi connectivity index (χ1v) is 11.2. The van der Waals surface area contributed by atoms with E-state index in [0.29, 0.717) is 27.8 Å². The summed E-state index contributed by atoms with van der Waals surface area (Å²) in [6, 6.07) is 7.10. The highest BCUT2D eigenvalue weighted by Gasteiger charge is 2.41. The van der Waals surface area contributed by atoms with Crippen molar-refractivity contribution in [2.24, 2.45) is 5.10 Å². The van der Waals surface area contributed by atoms with Crippen LogP contribution in [0.3, 0.4) is 0 Å². The number of carbonyl (C=O) groups excluding carboxylic acids is 1. The third-order valence-corrected chi connectivity index (χ3v) is 6.42. The van der Waals surface area contributed by atoms with Crippen LogP contribution in [0.15, 0.2) is 41.0 Å². The molecule has 162 valence electrons. The maximum atomic E-state index is 13.4. The molecule has 0 radical (unpaired) electrons. The molecule has 1 N–H and O–H groups in total. The molecule has 31 heavy (non-hydrogen) atoms. The van der Waals surface area contributed by atoms with Crippen molar-refractivity contribution in [1.29, 1.82) is 0 Å². The lowest BCUT2D eigenvalue weighted by atomic mass is 9.82. The van der Waals surface area contributed by atoms with Gasteiger partial charge in [0.05, 0.1) is 27.5 Å². The Morgan fingerprint density at radius 3 is 2.71 bits per heavy atom. The highest BCUT2D eigenvalue weighted by atomic mass is 35.5. The second-order valence-corrected chi connectivity index (χ2v) is 9.18. The van der Waals surface area contributed by atoms with Crippen LogP contribution >= 0.6 is 23.2 Å². The molecule has 2 aromatic rings. The Bertz CT molecular complexity index is 1080. The van der Waals surface area contributed by atoms with E-state index in [1.165, 1.54) is 5.57 Å². The van der Waals surface area contributed by atoms with Crippen molar-refractivity contribution >= 4 is 40.6 Å². The zero-order chi connectivity index (χ0) is 22.1. The molecular weight excluding hydrogens is 433 g/mol. The maximum Gasteiger partial charge on any atom is 0.254 e. The first kappa shape index (κ1) is 21.8. The lowest BCUT2D eigenvalue weighted by molar-refractivity contribution is 0.0394. The fourth-order valence-electron chi connectivity index (χ4n) is 4.42. The molecule has 1 saturated heterocycles. The third kappa shape index (κ3) is 4.60. The van der Waals surface area contributed by atoms with Gasteiger partial charge in [-0.15, -0.1) is 5.10 Å². The molecular formula is C23H25Cl2N5O. The number of benzene rings is 1. The predicted molar refractivity (Wildman–Crippen MR) is 125 cm³/mol. The van der Waals surface area contributed by atoms with E-state index >= 15 is 0 Å². The van der Waals surface area contributed by atoms with Crippen LogP contribution in [0.4, 0.5) is 5.82 Å². The summed E-state index contributed by atoms with van der Waals surface area (Å²) in [5, 5.41) is 13.9. The van der Waals surface area contributed by atoms with E-state index in [9.17, 15) is 4.79 Å². The number of piperidine rings is 1. The molecule has 1 amide bonds. The number of halogens is 2. The van der Waals surface area contributed by atoms with Gasteiger partial charge in [-0.2, -0.15) is 10.2 Å². The number of carbonyl (C=O) groups is 1. The number of nitrogens with one attached hydrogen (secondary N) is 1. The number of hydrogen-bond donors (Lipinski definition) is 1. The monoisotopic (exact) mass is 457 g/mol. The number of nitrogens with zero attached hydrogens (tertiary/aromatic N) is 4. The van der Waals surface area contributed by atoms with Crippen LogP contribution < -0.4 is 5.43 Å². The van der Waals surface area contributed by atoms with Gasteiger partial charge in [-0.05, 0) is 70.4 Å². The van der Waals surface area contributed by atoms with Gasteiger partial charge in [0, 0.05) is 23.6 Å². The van der Waals surface area contributed by atoms with E-state index < -0.39 is 0 Å². The van der Waals surface area contributed by atoms with E-state index in [1.54, 1.807) is 18.2 Å². The molecule has 0 aliphatic carbocycles. The number of allylic oxidation sites excluding steroid dienone is 2. The molecule has 0 spiro atoms. The summed E-state index contributed by atoms with van der Waals surface area (Å²) in [7, 11) is 0. The van der Waals surface area contributed by atoms with Gasteiger partial charge >= 0.3 is 0 Å². The third-order valence-electron chi connectivity index (χ3n) is 5.68. The van der Waals surface area contributed by atoms with Crippen molar-refractivity contribution in [1.82, 2.24) is 15.1 Å². The lowest BCUT2D eigenvalue weighted by Gasteiger charge is -2.46. The molecule has 2 atom stereocenters. The topological polar surface area (TPSA) is 70.5 Å². The van der Waals surface area contributed by atoms with Crippen molar-refractivity contribution in [2.75, 3.05) is 5.43 Å². The first-order valence-electron chi connectivity index (χ1n) is 10.4. The van der Waals surface area contributed by atoms with Crippen molar-refractivity contribution in [3.63, 3.8) is 0 Å². The van der Waals surface area contributed by atoms with Crippen LogP contribution in [-0.2, 0) is 6.42 Å². The smallest absolute Gasteiger partial charge is 0.254 e. The molecule has 2 unspecified atom stereocenters. The van der Waals surface area contributed by atoms with Gasteiger partial charge in [0.2, 0.25) is 0 Å². The molecule has 4 rings (SSSR count). The second kappa shape index (κ2) is 8.97. The fraction of sp³-hybridized carbons (Fsp3) is 0.391. The standard InChI is InChI=1S/C23H25Cl2N5O/c1-13(2)9-14(3)26-28-22-12-17-20(27-29-22)11-16-5-4-6-21(17)30(16)23(31)15-7-8-18(24)19(25)10-15/h7-10,12,16,21H,4-6,11H2,1-3H3,(H,28,29). The molecule has 1 aromatic heterocycles. The fourth-order valence-corrected chi connectivity index (χ4v) is 4.72. The lowest BCUT2D eigenvalue weighted by Crippen LogP contribution is -2.50. The molecule has 2 aliphatic rings. The van der Waals surface area contributed by atoms with Crippen molar-refractivity contribution in [3.8, 4) is 0 Å². The van der Waals surface area contributed by atoms with Crippen molar-refractivity contribution in [2.45, 2.75) is 58.5 Å². The summed E-state index contributed by atoms with van der Waals surface area (Å²) in [4.78, 5) is 15.4. The largest absolute Gasteiger partial charge is 0.328 e. The molecule has 8 heteroatoms. The minimum absolute atomic E-state index is 0.0253. The minimum atomic E-state index is -0.0386. The average Bonchev–Trinajstić information content (AvgIpc) is 2.73. The Kier molecular flexibility index (Phi) is 6.30. The van der Waals surface area contributed by atoms with Gasteiger partial charge in [0.1, 0.15) is 0 Å². The van der Waals surface area contributed by atoms with E-state index in [1.807, 2.05) is 37.8 Å². The SMILES string of the molecule is CC(C)=CC(C)=NNc1cc2c(nn1)CC1CCCC2N1C(=O)c1ccc(Cl)c(Cl)c1. The number of fused-ring (bicyclic) bond motifs is 4. The summed E-state index contributed by atoms with van der Waals surface area (Å²) >= 11 is 12.2. The van der Waals surface area contributed by atoms with Gasteiger partial charge in [0.15, 0.2) is 5.82 Å². The number of rotatable bonds is 4. The van der Waals surface area contributed by atoms with Crippen LogP contribution in [0.2, 0.25) is 10.0 Å². The summed E-state index contributed by atoms with van der Waals surface area (Å²) in [6.07, 6.45) is 5.61. The van der Waals surface area contributed by atoms with Crippen LogP contribution in [0.25, 0.3) is 0 Å². The quantitative estimate of drug-likeness (QED) is 0.462. The van der Waals surface area contributed by atoms with Crippen molar-refractivity contribution in [3.05, 3.63) is 62.8 Å². The van der Waals surface area contributed by atoms with Gasteiger partial charge < -0.3 is 4.90 Å². The van der Waals surface area contributed by atoms with Crippen LogP contribution in [0.1, 0.15) is 67.7 Å². The number of aromatic nitrogens is 2. The molecule has 6 nitrogen and oxygen atoms in total. The molecule has 3 heterocycles. The van der Waals surface area contributed by atoms with Crippen LogP contribution in [0.5, 0.6) is 0 Å². The number of anilines is 1. The Morgan fingerprint density at radius 2 is 1.97 bits per heavy atom. The normalized spacial score (nSPS) is 20.2. The molecule has 1 fully saturated rings.